The van der Waals surface area contributed by atoms with Gasteiger partial charge in [-0.1, -0.05) is 52.4 Å². The first-order chi connectivity index (χ1) is 9.93. The van der Waals surface area contributed by atoms with Crippen molar-refractivity contribution in [2.24, 2.45) is 0 Å². The molecule has 0 aromatic carbocycles. The number of unbranched alkanes of at least 4 members (excludes halogenated alkanes) is 6. The number of carboxylic acid groups (broad SMARTS) is 1. The van der Waals surface area contributed by atoms with Crippen LogP contribution in [-0.2, 0) is 14.3 Å². The highest BCUT2D eigenvalue weighted by Crippen LogP contribution is 2.27. The lowest BCUT2D eigenvalue weighted by Gasteiger charge is -2.30. The van der Waals surface area contributed by atoms with Gasteiger partial charge in [0.15, 0.2) is 0 Å². The number of ether oxygens (including phenoxy) is 1. The van der Waals surface area contributed by atoms with Gasteiger partial charge in [0.25, 0.3) is 0 Å². The molecule has 0 aliphatic rings. The van der Waals surface area contributed by atoms with Gasteiger partial charge in [-0.15, -0.1) is 0 Å². The summed E-state index contributed by atoms with van der Waals surface area (Å²) in [6, 6.07) is 0. The second-order valence-electron chi connectivity index (χ2n) is 6.12. The summed E-state index contributed by atoms with van der Waals surface area (Å²) in [5.41, 5.74) is -0.506. The average molecular weight is 300 g/mol. The van der Waals surface area contributed by atoms with Crippen LogP contribution in [0.1, 0.15) is 91.4 Å². The third kappa shape index (κ3) is 11.3. The van der Waals surface area contributed by atoms with Gasteiger partial charge < -0.3 is 9.84 Å². The largest absolute Gasteiger partial charge is 0.481 e. The van der Waals surface area contributed by atoms with Gasteiger partial charge in [-0.3, -0.25) is 9.59 Å². The third-order valence-electron chi connectivity index (χ3n) is 3.77. The van der Waals surface area contributed by atoms with Crippen LogP contribution in [0.2, 0.25) is 0 Å². The Morgan fingerprint density at radius 1 is 0.905 bits per heavy atom. The number of carbonyl (C=O) groups is 2. The minimum Gasteiger partial charge on any atom is -0.481 e. The molecule has 0 radical (unpaired) electrons. The van der Waals surface area contributed by atoms with Gasteiger partial charge in [-0.2, -0.15) is 0 Å². The van der Waals surface area contributed by atoms with Crippen molar-refractivity contribution in [1.29, 1.82) is 0 Å². The number of esters is 1. The van der Waals surface area contributed by atoms with Crippen LogP contribution in [0.25, 0.3) is 0 Å². The lowest BCUT2D eigenvalue weighted by molar-refractivity contribution is -0.163. The molecule has 0 aliphatic heterocycles. The summed E-state index contributed by atoms with van der Waals surface area (Å²) in [6.45, 7) is 6.28. The van der Waals surface area contributed by atoms with Crippen LogP contribution in [0.15, 0.2) is 0 Å². The van der Waals surface area contributed by atoms with Gasteiger partial charge in [-0.25, -0.2) is 0 Å². The molecule has 21 heavy (non-hydrogen) atoms. The summed E-state index contributed by atoms with van der Waals surface area (Å²) in [7, 11) is 0. The maximum Gasteiger partial charge on any atom is 0.317 e. The van der Waals surface area contributed by atoms with Crippen LogP contribution in [-0.4, -0.2) is 22.6 Å². The zero-order chi connectivity index (χ0) is 16.1. The number of aliphatic carboxylic acids is 1. The van der Waals surface area contributed by atoms with Crippen LogP contribution in [0.5, 0.6) is 0 Å². The second-order valence-corrected chi connectivity index (χ2v) is 6.12. The van der Waals surface area contributed by atoms with E-state index in [1.807, 2.05) is 6.92 Å². The summed E-state index contributed by atoms with van der Waals surface area (Å²) in [5.74, 6) is -1.74. The van der Waals surface area contributed by atoms with Gasteiger partial charge in [0, 0.05) is 0 Å². The molecular formula is C17H32O4. The topological polar surface area (TPSA) is 63.6 Å². The second kappa shape index (κ2) is 11.6. The highest BCUT2D eigenvalue weighted by Gasteiger charge is 2.28. The molecule has 0 amide bonds. The third-order valence-corrected chi connectivity index (χ3v) is 3.77. The molecule has 4 heteroatoms. The van der Waals surface area contributed by atoms with Gasteiger partial charge in [-0.05, 0) is 32.6 Å². The first-order valence-corrected chi connectivity index (χ1v) is 8.37. The van der Waals surface area contributed by atoms with E-state index in [0.717, 1.165) is 38.5 Å². The predicted octanol–water partition coefficient (Wildman–Crippen LogP) is 4.70. The molecule has 0 atom stereocenters. The maximum absolute atomic E-state index is 11.6. The van der Waals surface area contributed by atoms with Crippen molar-refractivity contribution in [1.82, 2.24) is 0 Å². The molecule has 0 unspecified atom stereocenters. The van der Waals surface area contributed by atoms with Crippen LogP contribution in [0, 0.1) is 0 Å². The molecule has 0 aromatic heterocycles. The summed E-state index contributed by atoms with van der Waals surface area (Å²) in [4.78, 5) is 22.2. The summed E-state index contributed by atoms with van der Waals surface area (Å²) in [6.07, 6.45) is 10.2. The number of carboxylic acids is 1. The van der Waals surface area contributed by atoms with Crippen molar-refractivity contribution in [3.63, 3.8) is 0 Å². The van der Waals surface area contributed by atoms with Crippen molar-refractivity contribution in [3.8, 4) is 0 Å². The fraction of sp³-hybridized carbons (Fsp3) is 0.882. The first kappa shape index (κ1) is 19.9. The van der Waals surface area contributed by atoms with Crippen molar-refractivity contribution in [2.75, 3.05) is 0 Å². The van der Waals surface area contributed by atoms with Crippen molar-refractivity contribution in [2.45, 2.75) is 97.0 Å². The standard InChI is InChI=1S/C17H32O4/c1-4-6-8-10-12-17(3,13-11-9-7-5-2)21-16(20)14-15(18)19/h4-14H2,1-3H3,(H,18,19). The van der Waals surface area contributed by atoms with E-state index < -0.39 is 24.0 Å². The first-order valence-electron chi connectivity index (χ1n) is 8.37. The average Bonchev–Trinajstić information content (AvgIpc) is 2.39. The Kier molecular flexibility index (Phi) is 11.0. The van der Waals surface area contributed by atoms with Crippen LogP contribution in [0.4, 0.5) is 0 Å². The molecule has 1 N–H and O–H groups in total. The van der Waals surface area contributed by atoms with E-state index in [0.29, 0.717) is 0 Å². The Labute approximate surface area is 129 Å². The summed E-state index contributed by atoms with van der Waals surface area (Å²) >= 11 is 0. The zero-order valence-electron chi connectivity index (χ0n) is 14.0. The van der Waals surface area contributed by atoms with E-state index in [4.69, 9.17) is 9.84 Å². The van der Waals surface area contributed by atoms with Gasteiger partial charge in [0.05, 0.1) is 0 Å². The smallest absolute Gasteiger partial charge is 0.317 e. The van der Waals surface area contributed by atoms with E-state index in [1.54, 1.807) is 0 Å². The molecule has 0 bridgehead atoms. The Morgan fingerprint density at radius 2 is 1.38 bits per heavy atom. The monoisotopic (exact) mass is 300 g/mol. The van der Waals surface area contributed by atoms with Crippen LogP contribution in [0.3, 0.4) is 0 Å². The Bertz CT molecular complexity index is 287. The number of rotatable bonds is 13. The van der Waals surface area contributed by atoms with E-state index in [2.05, 4.69) is 13.8 Å². The number of hydrogen-bond donors (Lipinski definition) is 1. The lowest BCUT2D eigenvalue weighted by Crippen LogP contribution is -2.32. The molecule has 0 saturated carbocycles. The highest BCUT2D eigenvalue weighted by molar-refractivity contribution is 5.90. The summed E-state index contributed by atoms with van der Waals surface area (Å²) in [5, 5.41) is 8.67. The fourth-order valence-corrected chi connectivity index (χ4v) is 2.51. The molecule has 0 heterocycles. The number of carbonyl (C=O) groups excluding carboxylic acids is 1. The highest BCUT2D eigenvalue weighted by atomic mass is 16.6. The minimum absolute atomic E-state index is 0.506. The Balaban J connectivity index is 4.35. The lowest BCUT2D eigenvalue weighted by atomic mass is 9.91. The fourth-order valence-electron chi connectivity index (χ4n) is 2.51. The van der Waals surface area contributed by atoms with E-state index >= 15 is 0 Å². The molecular weight excluding hydrogens is 268 g/mol. The molecule has 0 fully saturated rings. The minimum atomic E-state index is -1.13. The molecule has 124 valence electrons. The van der Waals surface area contributed by atoms with E-state index in [9.17, 15) is 9.59 Å². The summed E-state index contributed by atoms with van der Waals surface area (Å²) < 4.78 is 5.49. The zero-order valence-corrected chi connectivity index (χ0v) is 14.0. The van der Waals surface area contributed by atoms with Gasteiger partial charge in [0.1, 0.15) is 12.0 Å². The van der Waals surface area contributed by atoms with Crippen molar-refractivity contribution < 1.29 is 19.4 Å². The normalized spacial score (nSPS) is 11.4. The van der Waals surface area contributed by atoms with Crippen LogP contribution < -0.4 is 0 Å². The van der Waals surface area contributed by atoms with Crippen molar-refractivity contribution in [3.05, 3.63) is 0 Å². The molecule has 0 aliphatic carbocycles. The quantitative estimate of drug-likeness (QED) is 0.304. The van der Waals surface area contributed by atoms with Crippen LogP contribution >= 0.6 is 0 Å². The van der Waals surface area contributed by atoms with Crippen molar-refractivity contribution >= 4 is 11.9 Å². The molecule has 0 spiro atoms. The maximum atomic E-state index is 11.6. The van der Waals surface area contributed by atoms with Gasteiger partial charge in [0.2, 0.25) is 0 Å². The molecule has 0 aromatic rings. The van der Waals surface area contributed by atoms with Gasteiger partial charge >= 0.3 is 11.9 Å². The molecule has 0 rings (SSSR count). The predicted molar refractivity (Wildman–Crippen MR) is 84.3 cm³/mol. The van der Waals surface area contributed by atoms with E-state index in [1.165, 1.54) is 25.7 Å². The Morgan fingerprint density at radius 3 is 1.76 bits per heavy atom. The molecule has 4 nitrogen and oxygen atoms in total. The SMILES string of the molecule is CCCCCCC(C)(CCCCCC)OC(=O)CC(=O)O. The number of hydrogen-bond acceptors (Lipinski definition) is 3. The molecule has 0 saturated heterocycles. The Hall–Kier alpha value is -1.06. The van der Waals surface area contributed by atoms with E-state index in [-0.39, 0.29) is 0 Å².